The molecule has 1 aromatic rings. The normalized spacial score (nSPS) is 21.4. The molecule has 1 amide bonds. The Morgan fingerprint density at radius 1 is 1.35 bits per heavy atom. The van der Waals surface area contributed by atoms with Crippen LogP contribution in [-0.2, 0) is 0 Å². The molecule has 2 heterocycles. The third-order valence-electron chi connectivity index (χ3n) is 3.48. The molecule has 1 saturated heterocycles. The fourth-order valence-electron chi connectivity index (χ4n) is 3.21. The highest BCUT2D eigenvalue weighted by molar-refractivity contribution is 6.30. The summed E-state index contributed by atoms with van der Waals surface area (Å²) in [5.41, 5.74) is 0.370. The molecule has 0 saturated carbocycles. The predicted molar refractivity (Wildman–Crippen MR) is 81.0 cm³/mol. The van der Waals surface area contributed by atoms with E-state index in [-0.39, 0.29) is 23.0 Å². The minimum atomic E-state index is -0.161. The molecule has 1 aliphatic heterocycles. The van der Waals surface area contributed by atoms with Crippen molar-refractivity contribution in [1.29, 1.82) is 0 Å². The topological polar surface area (TPSA) is 54.0 Å². The number of piperidine rings is 1. The molecule has 5 heteroatoms. The smallest absolute Gasteiger partial charge is 0.270 e. The molecule has 4 nitrogen and oxygen atoms in total. The average molecular weight is 296 g/mol. The maximum atomic E-state index is 12.2. The van der Waals surface area contributed by atoms with E-state index in [0.717, 1.165) is 12.8 Å². The van der Waals surface area contributed by atoms with Gasteiger partial charge in [0.25, 0.3) is 5.91 Å². The SMILES string of the molecule is CC1(C)CC(NC(=O)c2cc(Cl)ccn2)CC(C)(C)N1. The summed E-state index contributed by atoms with van der Waals surface area (Å²) in [5, 5.41) is 7.19. The van der Waals surface area contributed by atoms with Gasteiger partial charge in [0.05, 0.1) is 0 Å². The van der Waals surface area contributed by atoms with E-state index in [2.05, 4.69) is 43.3 Å². The summed E-state index contributed by atoms with van der Waals surface area (Å²) in [4.78, 5) is 16.3. The van der Waals surface area contributed by atoms with E-state index in [0.29, 0.717) is 10.7 Å². The summed E-state index contributed by atoms with van der Waals surface area (Å²) >= 11 is 5.89. The van der Waals surface area contributed by atoms with E-state index in [4.69, 9.17) is 11.6 Å². The quantitative estimate of drug-likeness (QED) is 0.882. The third kappa shape index (κ3) is 3.93. The van der Waals surface area contributed by atoms with Crippen molar-refractivity contribution in [2.45, 2.75) is 57.7 Å². The zero-order valence-electron chi connectivity index (χ0n) is 12.5. The highest BCUT2D eigenvalue weighted by Gasteiger charge is 2.38. The van der Waals surface area contributed by atoms with Crippen molar-refractivity contribution in [2.24, 2.45) is 0 Å². The highest BCUT2D eigenvalue weighted by Crippen LogP contribution is 2.28. The van der Waals surface area contributed by atoms with Gasteiger partial charge in [0.1, 0.15) is 5.69 Å². The molecular formula is C15H22ClN3O. The first-order chi connectivity index (χ1) is 9.17. The largest absolute Gasteiger partial charge is 0.348 e. The minimum Gasteiger partial charge on any atom is -0.348 e. The Balaban J connectivity index is 2.08. The van der Waals surface area contributed by atoms with Crippen LogP contribution in [-0.4, -0.2) is 28.0 Å². The lowest BCUT2D eigenvalue weighted by Crippen LogP contribution is -2.62. The van der Waals surface area contributed by atoms with E-state index in [1.807, 2.05) is 0 Å². The number of rotatable bonds is 2. The number of carbonyl (C=O) groups is 1. The van der Waals surface area contributed by atoms with Crippen LogP contribution >= 0.6 is 11.6 Å². The molecule has 0 radical (unpaired) electrons. The van der Waals surface area contributed by atoms with Crippen LogP contribution in [0, 0.1) is 0 Å². The van der Waals surface area contributed by atoms with Gasteiger partial charge in [0, 0.05) is 28.3 Å². The first kappa shape index (κ1) is 15.3. The van der Waals surface area contributed by atoms with Gasteiger partial charge in [0.2, 0.25) is 0 Å². The van der Waals surface area contributed by atoms with Gasteiger partial charge in [-0.15, -0.1) is 0 Å². The molecule has 110 valence electrons. The van der Waals surface area contributed by atoms with E-state index in [9.17, 15) is 4.79 Å². The Kier molecular flexibility index (Phi) is 4.07. The summed E-state index contributed by atoms with van der Waals surface area (Å²) < 4.78 is 0. The molecule has 2 rings (SSSR count). The van der Waals surface area contributed by atoms with Crippen molar-refractivity contribution >= 4 is 17.5 Å². The fourth-order valence-corrected chi connectivity index (χ4v) is 3.37. The Morgan fingerprint density at radius 2 is 1.95 bits per heavy atom. The predicted octanol–water partition coefficient (Wildman–Crippen LogP) is 2.77. The summed E-state index contributed by atoms with van der Waals surface area (Å²) in [7, 11) is 0. The molecule has 0 unspecified atom stereocenters. The zero-order chi connectivity index (χ0) is 15.0. The van der Waals surface area contributed by atoms with Crippen LogP contribution < -0.4 is 10.6 Å². The maximum absolute atomic E-state index is 12.2. The number of hydrogen-bond donors (Lipinski definition) is 2. The fraction of sp³-hybridized carbons (Fsp3) is 0.600. The number of aromatic nitrogens is 1. The van der Waals surface area contributed by atoms with Crippen LogP contribution in [0.15, 0.2) is 18.3 Å². The van der Waals surface area contributed by atoms with Crippen molar-refractivity contribution < 1.29 is 4.79 Å². The number of nitrogens with one attached hydrogen (secondary N) is 2. The van der Waals surface area contributed by atoms with Crippen LogP contribution in [0.5, 0.6) is 0 Å². The van der Waals surface area contributed by atoms with E-state index in [1.165, 1.54) is 0 Å². The number of pyridine rings is 1. The third-order valence-corrected chi connectivity index (χ3v) is 3.72. The number of nitrogens with zero attached hydrogens (tertiary/aromatic N) is 1. The molecule has 1 aliphatic rings. The average Bonchev–Trinajstić information content (AvgIpc) is 2.24. The highest BCUT2D eigenvalue weighted by atomic mass is 35.5. The van der Waals surface area contributed by atoms with Crippen molar-refractivity contribution in [2.75, 3.05) is 0 Å². The van der Waals surface area contributed by atoms with Crippen LogP contribution in [0.3, 0.4) is 0 Å². The van der Waals surface area contributed by atoms with E-state index < -0.39 is 0 Å². The van der Waals surface area contributed by atoms with Gasteiger partial charge in [-0.25, -0.2) is 0 Å². The summed E-state index contributed by atoms with van der Waals surface area (Å²) in [6, 6.07) is 3.39. The Morgan fingerprint density at radius 3 is 2.50 bits per heavy atom. The van der Waals surface area contributed by atoms with Crippen LogP contribution in [0.4, 0.5) is 0 Å². The Bertz CT molecular complexity index is 498. The van der Waals surface area contributed by atoms with Gasteiger partial charge in [0.15, 0.2) is 0 Å². The maximum Gasteiger partial charge on any atom is 0.270 e. The monoisotopic (exact) mass is 295 g/mol. The first-order valence-electron chi connectivity index (χ1n) is 6.89. The van der Waals surface area contributed by atoms with Gasteiger partial charge in [-0.1, -0.05) is 11.6 Å². The molecular weight excluding hydrogens is 274 g/mol. The van der Waals surface area contributed by atoms with Crippen molar-refractivity contribution in [3.8, 4) is 0 Å². The van der Waals surface area contributed by atoms with E-state index >= 15 is 0 Å². The Labute approximate surface area is 125 Å². The first-order valence-corrected chi connectivity index (χ1v) is 7.26. The van der Waals surface area contributed by atoms with Gasteiger partial charge in [-0.05, 0) is 52.7 Å². The minimum absolute atomic E-state index is 0.00145. The molecule has 0 bridgehead atoms. The van der Waals surface area contributed by atoms with Crippen LogP contribution in [0.1, 0.15) is 51.0 Å². The molecule has 0 atom stereocenters. The lowest BCUT2D eigenvalue weighted by Gasteiger charge is -2.46. The van der Waals surface area contributed by atoms with Gasteiger partial charge >= 0.3 is 0 Å². The molecule has 1 aromatic heterocycles. The van der Waals surface area contributed by atoms with Crippen LogP contribution in [0.2, 0.25) is 5.02 Å². The second-order valence-corrected chi connectivity index (χ2v) is 7.27. The lowest BCUT2D eigenvalue weighted by atomic mass is 9.79. The number of halogens is 1. The van der Waals surface area contributed by atoms with Crippen molar-refractivity contribution in [3.05, 3.63) is 29.0 Å². The Hall–Kier alpha value is -1.13. The van der Waals surface area contributed by atoms with Gasteiger partial charge < -0.3 is 10.6 Å². The van der Waals surface area contributed by atoms with Crippen molar-refractivity contribution in [3.63, 3.8) is 0 Å². The number of carbonyl (C=O) groups excluding carboxylic acids is 1. The molecule has 2 N–H and O–H groups in total. The molecule has 1 fully saturated rings. The summed E-state index contributed by atoms with van der Waals surface area (Å²) in [6.45, 7) is 8.63. The standard InChI is InChI=1S/C15H22ClN3O/c1-14(2)8-11(9-15(3,4)19-14)18-13(20)12-7-10(16)5-6-17-12/h5-7,11,19H,8-9H2,1-4H3,(H,18,20). The lowest BCUT2D eigenvalue weighted by molar-refractivity contribution is 0.0868. The second-order valence-electron chi connectivity index (χ2n) is 6.83. The van der Waals surface area contributed by atoms with Crippen LogP contribution in [0.25, 0.3) is 0 Å². The molecule has 0 spiro atoms. The van der Waals surface area contributed by atoms with E-state index in [1.54, 1.807) is 18.3 Å². The summed E-state index contributed by atoms with van der Waals surface area (Å²) in [6.07, 6.45) is 3.33. The second kappa shape index (κ2) is 5.34. The van der Waals surface area contributed by atoms with Gasteiger partial charge in [-0.2, -0.15) is 0 Å². The van der Waals surface area contributed by atoms with Gasteiger partial charge in [-0.3, -0.25) is 9.78 Å². The number of amides is 1. The zero-order valence-corrected chi connectivity index (χ0v) is 13.2. The summed E-state index contributed by atoms with van der Waals surface area (Å²) in [5.74, 6) is -0.161. The number of hydrogen-bond acceptors (Lipinski definition) is 3. The molecule has 0 aliphatic carbocycles. The molecule has 20 heavy (non-hydrogen) atoms. The van der Waals surface area contributed by atoms with Crippen molar-refractivity contribution in [1.82, 2.24) is 15.6 Å². The molecule has 0 aromatic carbocycles.